The lowest BCUT2D eigenvalue weighted by atomic mass is 9.78. The highest BCUT2D eigenvalue weighted by Gasteiger charge is 2.22. The molecule has 0 aliphatic rings. The van der Waals surface area contributed by atoms with Gasteiger partial charge in [-0.05, 0) is 23.3 Å². The second-order valence-corrected chi connectivity index (χ2v) is 6.97. The van der Waals surface area contributed by atoms with Crippen molar-refractivity contribution >= 4 is 0 Å². The van der Waals surface area contributed by atoms with Crippen molar-refractivity contribution in [1.82, 2.24) is 0 Å². The topological polar surface area (TPSA) is 36.9 Å². The molecule has 0 aromatic heterocycles. The third-order valence-electron chi connectivity index (χ3n) is 4.87. The molecule has 0 amide bonds. The van der Waals surface area contributed by atoms with Crippen molar-refractivity contribution in [2.24, 2.45) is 0 Å². The molecule has 0 unspecified atom stereocenters. The Labute approximate surface area is 174 Å². The number of benzene rings is 3. The average molecular weight is 395 g/mol. The van der Waals surface area contributed by atoms with Crippen LogP contribution in [-0.2, 0) is 5.41 Å². The van der Waals surface area contributed by atoms with Gasteiger partial charge < -0.3 is 18.9 Å². The number of hydrogen-bond donors (Lipinski definition) is 0. The maximum atomic E-state index is 5.19. The Morgan fingerprint density at radius 3 is 1.24 bits per heavy atom. The standard InChI is InChI=1S/C16H18O.C9H12O3/c1-16(2,13-7-5-4-6-8-13)14-9-11-15(17-3)12-10-14;1-10-7-4-8(11-2)6-9(5-7)12-3/h4-12H,1-3H3;4-6H,1-3H3. The van der Waals surface area contributed by atoms with Crippen molar-refractivity contribution in [3.05, 3.63) is 83.9 Å². The molecule has 0 bridgehead atoms. The van der Waals surface area contributed by atoms with Crippen molar-refractivity contribution < 1.29 is 18.9 Å². The Balaban J connectivity index is 0.000000221. The van der Waals surface area contributed by atoms with Crippen molar-refractivity contribution in [2.45, 2.75) is 19.3 Å². The van der Waals surface area contributed by atoms with Crippen molar-refractivity contribution in [2.75, 3.05) is 28.4 Å². The van der Waals surface area contributed by atoms with E-state index in [0.29, 0.717) is 0 Å². The zero-order chi connectivity index (χ0) is 21.3. The maximum absolute atomic E-state index is 5.19. The molecule has 0 saturated heterocycles. The summed E-state index contributed by atoms with van der Waals surface area (Å²) in [6.07, 6.45) is 0. The lowest BCUT2D eigenvalue weighted by molar-refractivity contribution is 0.375. The van der Waals surface area contributed by atoms with E-state index in [4.69, 9.17) is 18.9 Å². The molecule has 154 valence electrons. The Morgan fingerprint density at radius 2 is 0.862 bits per heavy atom. The third-order valence-corrected chi connectivity index (χ3v) is 4.87. The summed E-state index contributed by atoms with van der Waals surface area (Å²) in [5, 5.41) is 0. The summed E-state index contributed by atoms with van der Waals surface area (Å²) in [6.45, 7) is 4.48. The summed E-state index contributed by atoms with van der Waals surface area (Å²) in [7, 11) is 6.51. The fourth-order valence-corrected chi connectivity index (χ4v) is 2.93. The Bertz CT molecular complexity index is 816. The molecule has 0 aliphatic heterocycles. The van der Waals surface area contributed by atoms with Crippen LogP contribution in [0.4, 0.5) is 0 Å². The largest absolute Gasteiger partial charge is 0.497 e. The van der Waals surface area contributed by atoms with E-state index in [9.17, 15) is 0 Å². The van der Waals surface area contributed by atoms with E-state index in [0.717, 1.165) is 23.0 Å². The van der Waals surface area contributed by atoms with Crippen LogP contribution in [-0.4, -0.2) is 28.4 Å². The zero-order valence-corrected chi connectivity index (χ0v) is 18.1. The van der Waals surface area contributed by atoms with Crippen LogP contribution < -0.4 is 18.9 Å². The highest BCUT2D eigenvalue weighted by Crippen LogP contribution is 2.32. The second kappa shape index (κ2) is 10.4. The minimum Gasteiger partial charge on any atom is -0.497 e. The number of hydrogen-bond acceptors (Lipinski definition) is 4. The number of ether oxygens (including phenoxy) is 4. The molecule has 0 atom stereocenters. The fraction of sp³-hybridized carbons (Fsp3) is 0.280. The quantitative estimate of drug-likeness (QED) is 0.535. The Kier molecular flexibility index (Phi) is 7.96. The van der Waals surface area contributed by atoms with E-state index < -0.39 is 0 Å². The average Bonchev–Trinajstić information content (AvgIpc) is 2.79. The molecular weight excluding hydrogens is 364 g/mol. The zero-order valence-electron chi connectivity index (χ0n) is 18.1. The van der Waals surface area contributed by atoms with Gasteiger partial charge in [-0.25, -0.2) is 0 Å². The van der Waals surface area contributed by atoms with Gasteiger partial charge >= 0.3 is 0 Å². The van der Waals surface area contributed by atoms with Gasteiger partial charge in [-0.15, -0.1) is 0 Å². The maximum Gasteiger partial charge on any atom is 0.126 e. The van der Waals surface area contributed by atoms with Crippen LogP contribution in [0.5, 0.6) is 23.0 Å². The predicted octanol–water partition coefficient (Wildman–Crippen LogP) is 5.73. The van der Waals surface area contributed by atoms with E-state index in [1.165, 1.54) is 11.1 Å². The molecule has 3 aromatic carbocycles. The molecule has 0 heterocycles. The molecule has 4 nitrogen and oxygen atoms in total. The van der Waals surface area contributed by atoms with E-state index in [1.807, 2.05) is 18.2 Å². The SMILES string of the molecule is COc1cc(OC)cc(OC)c1.COc1ccc(C(C)(C)c2ccccc2)cc1. The molecule has 3 aromatic rings. The van der Waals surface area contributed by atoms with Gasteiger partial charge in [0.25, 0.3) is 0 Å². The smallest absolute Gasteiger partial charge is 0.126 e. The van der Waals surface area contributed by atoms with Crippen molar-refractivity contribution in [3.63, 3.8) is 0 Å². The van der Waals surface area contributed by atoms with Crippen LogP contribution in [0.25, 0.3) is 0 Å². The molecule has 0 N–H and O–H groups in total. The van der Waals surface area contributed by atoms with Gasteiger partial charge in [-0.1, -0.05) is 56.3 Å². The molecule has 4 heteroatoms. The van der Waals surface area contributed by atoms with E-state index in [1.54, 1.807) is 46.6 Å². The lowest BCUT2D eigenvalue weighted by Crippen LogP contribution is -2.18. The minimum atomic E-state index is 0.0214. The van der Waals surface area contributed by atoms with E-state index >= 15 is 0 Å². The van der Waals surface area contributed by atoms with Gasteiger partial charge in [0.2, 0.25) is 0 Å². The Morgan fingerprint density at radius 1 is 0.483 bits per heavy atom. The first kappa shape index (κ1) is 22.2. The lowest BCUT2D eigenvalue weighted by Gasteiger charge is -2.26. The van der Waals surface area contributed by atoms with Crippen LogP contribution in [0.2, 0.25) is 0 Å². The summed E-state index contributed by atoms with van der Waals surface area (Å²) in [5.74, 6) is 3.08. The fourth-order valence-electron chi connectivity index (χ4n) is 2.93. The molecule has 3 rings (SSSR count). The Hall–Kier alpha value is -3.14. The summed E-state index contributed by atoms with van der Waals surface area (Å²) in [4.78, 5) is 0. The van der Waals surface area contributed by atoms with Crippen LogP contribution in [0.3, 0.4) is 0 Å². The molecule has 0 saturated carbocycles. The van der Waals surface area contributed by atoms with Gasteiger partial charge in [0.15, 0.2) is 0 Å². The second-order valence-electron chi connectivity index (χ2n) is 6.97. The van der Waals surface area contributed by atoms with Crippen molar-refractivity contribution in [1.29, 1.82) is 0 Å². The van der Waals surface area contributed by atoms with Gasteiger partial charge in [0.05, 0.1) is 28.4 Å². The molecule has 0 fully saturated rings. The third kappa shape index (κ3) is 5.92. The van der Waals surface area contributed by atoms with Gasteiger partial charge in [0.1, 0.15) is 23.0 Å². The normalized spacial score (nSPS) is 10.4. The van der Waals surface area contributed by atoms with Gasteiger partial charge in [-0.3, -0.25) is 0 Å². The molecule has 0 spiro atoms. The summed E-state index contributed by atoms with van der Waals surface area (Å²) in [5.41, 5.74) is 2.64. The van der Waals surface area contributed by atoms with Gasteiger partial charge in [-0.2, -0.15) is 0 Å². The molecule has 29 heavy (non-hydrogen) atoms. The molecular formula is C25H30O4. The number of rotatable bonds is 6. The molecule has 0 radical (unpaired) electrons. The summed E-state index contributed by atoms with van der Waals surface area (Å²) in [6, 6.07) is 24.2. The van der Waals surface area contributed by atoms with Gasteiger partial charge in [0, 0.05) is 23.6 Å². The highest BCUT2D eigenvalue weighted by molar-refractivity contribution is 5.42. The van der Waals surface area contributed by atoms with Crippen LogP contribution in [0, 0.1) is 0 Å². The highest BCUT2D eigenvalue weighted by atomic mass is 16.5. The predicted molar refractivity (Wildman–Crippen MR) is 118 cm³/mol. The number of methoxy groups -OCH3 is 4. The summed E-state index contributed by atoms with van der Waals surface area (Å²) >= 11 is 0. The van der Waals surface area contributed by atoms with Crippen molar-refractivity contribution in [3.8, 4) is 23.0 Å². The monoisotopic (exact) mass is 394 g/mol. The van der Waals surface area contributed by atoms with E-state index in [2.05, 4.69) is 50.2 Å². The molecule has 0 aliphatic carbocycles. The first-order valence-electron chi connectivity index (χ1n) is 9.41. The van der Waals surface area contributed by atoms with Crippen LogP contribution >= 0.6 is 0 Å². The van der Waals surface area contributed by atoms with E-state index in [-0.39, 0.29) is 5.41 Å². The minimum absolute atomic E-state index is 0.0214. The van der Waals surface area contributed by atoms with Crippen LogP contribution in [0.1, 0.15) is 25.0 Å². The van der Waals surface area contributed by atoms with Crippen LogP contribution in [0.15, 0.2) is 72.8 Å². The summed E-state index contributed by atoms with van der Waals surface area (Å²) < 4.78 is 20.3. The first-order chi connectivity index (χ1) is 13.9. The first-order valence-corrected chi connectivity index (χ1v) is 9.41.